The Morgan fingerprint density at radius 2 is 1.82 bits per heavy atom. The van der Waals surface area contributed by atoms with Crippen molar-refractivity contribution in [1.82, 2.24) is 5.32 Å². The molecule has 1 aromatic heterocycles. The molecular formula is C23H28N2O7S. The summed E-state index contributed by atoms with van der Waals surface area (Å²) in [6, 6.07) is 6.57. The second-order valence-corrected chi connectivity index (χ2v) is 8.25. The summed E-state index contributed by atoms with van der Waals surface area (Å²) in [6.07, 6.45) is 0.654. The van der Waals surface area contributed by atoms with Gasteiger partial charge >= 0.3 is 11.9 Å². The van der Waals surface area contributed by atoms with Crippen molar-refractivity contribution in [2.45, 2.75) is 27.2 Å². The predicted molar refractivity (Wildman–Crippen MR) is 124 cm³/mol. The fourth-order valence-electron chi connectivity index (χ4n) is 2.94. The Morgan fingerprint density at radius 3 is 2.48 bits per heavy atom. The van der Waals surface area contributed by atoms with Crippen molar-refractivity contribution in [1.29, 1.82) is 0 Å². The number of carbonyl (C=O) groups excluding carboxylic acids is 4. The molecule has 33 heavy (non-hydrogen) atoms. The van der Waals surface area contributed by atoms with Gasteiger partial charge in [-0.05, 0) is 42.3 Å². The van der Waals surface area contributed by atoms with Gasteiger partial charge in [0.25, 0.3) is 11.8 Å². The van der Waals surface area contributed by atoms with E-state index >= 15 is 0 Å². The number of rotatable bonds is 11. The lowest BCUT2D eigenvalue weighted by molar-refractivity contribution is -0.146. The maximum absolute atomic E-state index is 12.4. The fraction of sp³-hybridized carbons (Fsp3) is 0.391. The molecule has 0 bridgehead atoms. The van der Waals surface area contributed by atoms with E-state index in [0.29, 0.717) is 28.7 Å². The van der Waals surface area contributed by atoms with Gasteiger partial charge in [0, 0.05) is 0 Å². The fourth-order valence-corrected chi connectivity index (χ4v) is 3.92. The smallest absolute Gasteiger partial charge is 0.341 e. The summed E-state index contributed by atoms with van der Waals surface area (Å²) in [7, 11) is 1.44. The first kappa shape index (κ1) is 25.9. The third-order valence-electron chi connectivity index (χ3n) is 4.34. The molecule has 0 aliphatic carbocycles. The molecule has 2 amide bonds. The largest absolute Gasteiger partial charge is 0.496 e. The maximum Gasteiger partial charge on any atom is 0.341 e. The van der Waals surface area contributed by atoms with Crippen molar-refractivity contribution >= 4 is 40.1 Å². The number of para-hydroxylation sites is 1. The van der Waals surface area contributed by atoms with E-state index in [4.69, 9.17) is 14.2 Å². The van der Waals surface area contributed by atoms with Crippen molar-refractivity contribution in [2.75, 3.05) is 32.2 Å². The lowest BCUT2D eigenvalue weighted by Crippen LogP contribution is -2.32. The first-order chi connectivity index (χ1) is 15.8. The Balaban J connectivity index is 1.91. The molecule has 178 valence electrons. The van der Waals surface area contributed by atoms with E-state index in [1.165, 1.54) is 18.4 Å². The molecule has 0 saturated carbocycles. The number of esters is 2. The Morgan fingerprint density at radius 1 is 1.09 bits per heavy atom. The molecule has 9 nitrogen and oxygen atoms in total. The highest BCUT2D eigenvalue weighted by molar-refractivity contribution is 7.15. The predicted octanol–water partition coefficient (Wildman–Crippen LogP) is 3.04. The molecule has 2 aromatic rings. The highest BCUT2D eigenvalue weighted by Gasteiger charge is 2.22. The van der Waals surface area contributed by atoms with Gasteiger partial charge in [0.05, 0.1) is 24.8 Å². The van der Waals surface area contributed by atoms with Crippen molar-refractivity contribution < 1.29 is 33.4 Å². The minimum atomic E-state index is -0.786. The molecular weight excluding hydrogens is 448 g/mol. The highest BCUT2D eigenvalue weighted by Crippen LogP contribution is 2.31. The molecule has 0 aliphatic heterocycles. The van der Waals surface area contributed by atoms with Crippen LogP contribution in [0.1, 0.15) is 47.1 Å². The van der Waals surface area contributed by atoms with Gasteiger partial charge in [-0.1, -0.05) is 26.0 Å². The van der Waals surface area contributed by atoms with Gasteiger partial charge in [-0.3, -0.25) is 14.4 Å². The lowest BCUT2D eigenvalue weighted by atomic mass is 10.0. The zero-order chi connectivity index (χ0) is 24.4. The van der Waals surface area contributed by atoms with Crippen LogP contribution in [0.4, 0.5) is 5.00 Å². The Labute approximate surface area is 196 Å². The number of thiophene rings is 1. The number of amides is 2. The number of benzene rings is 1. The quantitative estimate of drug-likeness (QED) is 0.478. The number of anilines is 1. The number of ether oxygens (including phenoxy) is 3. The third kappa shape index (κ3) is 7.60. The maximum atomic E-state index is 12.4. The number of hydrogen-bond donors (Lipinski definition) is 2. The van der Waals surface area contributed by atoms with Crippen molar-refractivity contribution in [3.63, 3.8) is 0 Å². The van der Waals surface area contributed by atoms with Crippen LogP contribution in [-0.2, 0) is 25.5 Å². The zero-order valence-electron chi connectivity index (χ0n) is 19.1. The highest BCUT2D eigenvalue weighted by atomic mass is 32.1. The molecule has 0 atom stereocenters. The minimum absolute atomic E-state index is 0.210. The van der Waals surface area contributed by atoms with Gasteiger partial charge in [-0.2, -0.15) is 0 Å². The summed E-state index contributed by atoms with van der Waals surface area (Å²) in [5, 5.41) is 7.17. The third-order valence-corrected chi connectivity index (χ3v) is 5.28. The Kier molecular flexibility index (Phi) is 9.86. The van der Waals surface area contributed by atoms with E-state index in [0.717, 1.165) is 5.56 Å². The second kappa shape index (κ2) is 12.6. The standard InChI is InChI=1S/C23H28N2O7S/c1-5-31-23(29)20-15(10-14(2)3)13-33-22(20)25-18(26)12-32-19(27)11-24-21(28)16-8-6-7-9-17(16)30-4/h6-9,13-14H,5,10-12H2,1-4H3,(H,24,28)(H,25,26). The molecule has 2 rings (SSSR count). The van der Waals surface area contributed by atoms with Gasteiger partial charge < -0.3 is 24.8 Å². The molecule has 0 radical (unpaired) electrons. The summed E-state index contributed by atoms with van der Waals surface area (Å²) >= 11 is 1.21. The van der Waals surface area contributed by atoms with Crippen molar-refractivity contribution in [3.05, 3.63) is 46.3 Å². The number of nitrogens with one attached hydrogen (secondary N) is 2. The summed E-state index contributed by atoms with van der Waals surface area (Å²) in [5.41, 5.74) is 1.38. The van der Waals surface area contributed by atoms with Crippen LogP contribution in [0, 0.1) is 5.92 Å². The Bertz CT molecular complexity index is 1000. The van der Waals surface area contributed by atoms with Gasteiger partial charge in [-0.15, -0.1) is 11.3 Å². The van der Waals surface area contributed by atoms with E-state index in [2.05, 4.69) is 10.6 Å². The lowest BCUT2D eigenvalue weighted by Gasteiger charge is -2.11. The van der Waals surface area contributed by atoms with Crippen LogP contribution in [0.25, 0.3) is 0 Å². The van der Waals surface area contributed by atoms with Crippen LogP contribution in [0.3, 0.4) is 0 Å². The van der Waals surface area contributed by atoms with Gasteiger partial charge in [0.2, 0.25) is 0 Å². The van der Waals surface area contributed by atoms with Crippen LogP contribution in [0.2, 0.25) is 0 Å². The summed E-state index contributed by atoms with van der Waals surface area (Å²) in [6.45, 7) is 4.98. The first-order valence-electron chi connectivity index (χ1n) is 10.4. The Hall–Kier alpha value is -3.40. The minimum Gasteiger partial charge on any atom is -0.496 e. The van der Waals surface area contributed by atoms with Crippen molar-refractivity contribution in [2.24, 2.45) is 5.92 Å². The molecule has 0 fully saturated rings. The van der Waals surface area contributed by atoms with Crippen LogP contribution < -0.4 is 15.4 Å². The molecule has 0 aliphatic rings. The molecule has 1 aromatic carbocycles. The SMILES string of the molecule is CCOC(=O)c1c(CC(C)C)csc1NC(=O)COC(=O)CNC(=O)c1ccccc1OC. The van der Waals surface area contributed by atoms with E-state index < -0.39 is 36.9 Å². The normalized spacial score (nSPS) is 10.5. The topological polar surface area (TPSA) is 120 Å². The van der Waals surface area contributed by atoms with Crippen LogP contribution in [0.15, 0.2) is 29.6 Å². The molecule has 0 saturated heterocycles. The summed E-state index contributed by atoms with van der Waals surface area (Å²) < 4.78 is 15.2. The van der Waals surface area contributed by atoms with Gasteiger partial charge in [0.1, 0.15) is 17.3 Å². The van der Waals surface area contributed by atoms with E-state index in [-0.39, 0.29) is 12.2 Å². The van der Waals surface area contributed by atoms with Crippen molar-refractivity contribution in [3.8, 4) is 5.75 Å². The average Bonchev–Trinajstić information content (AvgIpc) is 3.17. The van der Waals surface area contributed by atoms with Gasteiger partial charge in [-0.25, -0.2) is 4.79 Å². The second-order valence-electron chi connectivity index (χ2n) is 7.38. The molecule has 2 N–H and O–H groups in total. The summed E-state index contributed by atoms with van der Waals surface area (Å²) in [4.78, 5) is 48.9. The number of methoxy groups -OCH3 is 1. The molecule has 0 spiro atoms. The van der Waals surface area contributed by atoms with Gasteiger partial charge in [0.15, 0.2) is 6.61 Å². The number of hydrogen-bond acceptors (Lipinski definition) is 8. The van der Waals surface area contributed by atoms with Crippen LogP contribution in [-0.4, -0.2) is 50.6 Å². The molecule has 10 heteroatoms. The number of carbonyl (C=O) groups is 4. The van der Waals surface area contributed by atoms with E-state index in [9.17, 15) is 19.2 Å². The summed E-state index contributed by atoms with van der Waals surface area (Å²) in [5.74, 6) is -1.74. The first-order valence-corrected chi connectivity index (χ1v) is 11.3. The molecule has 0 unspecified atom stereocenters. The van der Waals surface area contributed by atoms with E-state index in [1.54, 1.807) is 36.6 Å². The zero-order valence-corrected chi connectivity index (χ0v) is 19.9. The van der Waals surface area contributed by atoms with Crippen LogP contribution in [0.5, 0.6) is 5.75 Å². The van der Waals surface area contributed by atoms with E-state index in [1.807, 2.05) is 13.8 Å². The molecule has 1 heterocycles. The monoisotopic (exact) mass is 476 g/mol. The average molecular weight is 477 g/mol. The van der Waals surface area contributed by atoms with Crippen LogP contribution >= 0.6 is 11.3 Å².